The van der Waals surface area contributed by atoms with Crippen LogP contribution in [0.5, 0.6) is 11.5 Å². The lowest BCUT2D eigenvalue weighted by Gasteiger charge is -2.28. The van der Waals surface area contributed by atoms with Gasteiger partial charge in [0.25, 0.3) is 0 Å². The molecule has 0 bridgehead atoms. The van der Waals surface area contributed by atoms with Gasteiger partial charge in [-0.25, -0.2) is 0 Å². The van der Waals surface area contributed by atoms with Crippen LogP contribution in [0.2, 0.25) is 0 Å². The second kappa shape index (κ2) is 8.88. The van der Waals surface area contributed by atoms with E-state index < -0.39 is 5.92 Å². The fraction of sp³-hybridized carbons (Fsp3) is 0.417. The first-order valence-corrected chi connectivity index (χ1v) is 10.5. The van der Waals surface area contributed by atoms with Gasteiger partial charge >= 0.3 is 5.97 Å². The first kappa shape index (κ1) is 20.4. The molecule has 2 unspecified atom stereocenters. The van der Waals surface area contributed by atoms with E-state index in [1.54, 1.807) is 7.11 Å². The Morgan fingerprint density at radius 1 is 1.10 bits per heavy atom. The summed E-state index contributed by atoms with van der Waals surface area (Å²) in [6.07, 6.45) is 0. The fourth-order valence-electron chi connectivity index (χ4n) is 4.24. The molecular weight excluding hydrogens is 380 g/mol. The van der Waals surface area contributed by atoms with Crippen LogP contribution in [0.25, 0.3) is 0 Å². The van der Waals surface area contributed by atoms with Crippen LogP contribution in [0.15, 0.2) is 47.5 Å². The number of benzene rings is 2. The molecule has 2 heterocycles. The molecule has 0 aliphatic carbocycles. The molecule has 2 aliphatic rings. The molecule has 158 valence electrons. The van der Waals surface area contributed by atoms with Crippen LogP contribution in [0.4, 0.5) is 5.69 Å². The molecule has 2 aromatic carbocycles. The number of carbonyl (C=O) groups excluding carboxylic acids is 1. The number of methoxy groups -OCH3 is 1. The van der Waals surface area contributed by atoms with Gasteiger partial charge in [-0.1, -0.05) is 32.0 Å². The highest BCUT2D eigenvalue weighted by atomic mass is 16.5. The number of likely N-dealkylation sites (N-methyl/N-ethyl adjacent to an activating group) is 1. The summed E-state index contributed by atoms with van der Waals surface area (Å²) >= 11 is 0. The Labute approximate surface area is 177 Å². The predicted molar refractivity (Wildman–Crippen MR) is 116 cm³/mol. The minimum atomic E-state index is -0.392. The second-order valence-electron chi connectivity index (χ2n) is 7.54. The van der Waals surface area contributed by atoms with Crippen LogP contribution in [0.3, 0.4) is 0 Å². The van der Waals surface area contributed by atoms with Gasteiger partial charge in [0.05, 0.1) is 18.5 Å². The van der Waals surface area contributed by atoms with Gasteiger partial charge in [-0.2, -0.15) is 0 Å². The predicted octanol–water partition coefficient (Wildman–Crippen LogP) is 3.81. The van der Waals surface area contributed by atoms with Crippen molar-refractivity contribution in [3.63, 3.8) is 0 Å². The Kier molecular flexibility index (Phi) is 6.04. The highest BCUT2D eigenvalue weighted by Crippen LogP contribution is 2.46. The Bertz CT molecular complexity index is 952. The summed E-state index contributed by atoms with van der Waals surface area (Å²) in [5.41, 5.74) is 3.64. The maximum absolute atomic E-state index is 12.6. The molecular formula is C24H28N2O4. The maximum atomic E-state index is 12.6. The summed E-state index contributed by atoms with van der Waals surface area (Å²) in [5, 5.41) is 0. The molecule has 0 aromatic heterocycles. The third-order valence-electron chi connectivity index (χ3n) is 5.93. The van der Waals surface area contributed by atoms with Crippen molar-refractivity contribution >= 4 is 17.4 Å². The summed E-state index contributed by atoms with van der Waals surface area (Å²) in [4.78, 5) is 19.6. The Morgan fingerprint density at radius 3 is 2.70 bits per heavy atom. The largest absolute Gasteiger partial charge is 0.497 e. The van der Waals surface area contributed by atoms with Crippen molar-refractivity contribution in [2.24, 2.45) is 10.9 Å². The number of hydrogen-bond acceptors (Lipinski definition) is 6. The van der Waals surface area contributed by atoms with Crippen LogP contribution in [0.1, 0.15) is 30.9 Å². The van der Waals surface area contributed by atoms with E-state index in [0.29, 0.717) is 6.61 Å². The normalized spacial score (nSPS) is 19.7. The van der Waals surface area contributed by atoms with Gasteiger partial charge in [0, 0.05) is 18.5 Å². The monoisotopic (exact) mass is 408 g/mol. The van der Waals surface area contributed by atoms with Gasteiger partial charge in [-0.15, -0.1) is 0 Å². The number of fused-ring (bicyclic) bond motifs is 2. The first-order chi connectivity index (χ1) is 14.6. The number of aliphatic imine (C=N–C) groups is 1. The zero-order chi connectivity index (χ0) is 21.1. The molecule has 1 fully saturated rings. The van der Waals surface area contributed by atoms with Gasteiger partial charge in [-0.05, 0) is 42.4 Å². The topological polar surface area (TPSA) is 60.4 Å². The molecule has 30 heavy (non-hydrogen) atoms. The molecule has 2 aromatic rings. The fourth-order valence-corrected chi connectivity index (χ4v) is 4.24. The molecule has 2 atom stereocenters. The van der Waals surface area contributed by atoms with Crippen molar-refractivity contribution in [3.05, 3.63) is 53.6 Å². The number of carbonyl (C=O) groups is 1. The van der Waals surface area contributed by atoms with Crippen LogP contribution in [-0.4, -0.2) is 56.5 Å². The summed E-state index contributed by atoms with van der Waals surface area (Å²) in [5.74, 6) is 0.795. The maximum Gasteiger partial charge on any atom is 0.316 e. The van der Waals surface area contributed by atoms with E-state index in [4.69, 9.17) is 19.2 Å². The molecule has 4 rings (SSSR count). The van der Waals surface area contributed by atoms with Crippen molar-refractivity contribution in [2.75, 3.05) is 40.0 Å². The van der Waals surface area contributed by atoms with Crippen LogP contribution in [-0.2, 0) is 9.53 Å². The Morgan fingerprint density at radius 2 is 1.93 bits per heavy atom. The zero-order valence-electron chi connectivity index (χ0n) is 17.8. The number of nitrogens with zero attached hydrogens (tertiary/aromatic N) is 2. The van der Waals surface area contributed by atoms with Gasteiger partial charge in [-0.3, -0.25) is 9.79 Å². The lowest BCUT2D eigenvalue weighted by Crippen LogP contribution is -2.28. The van der Waals surface area contributed by atoms with E-state index in [0.717, 1.165) is 53.7 Å². The number of cyclic esters (lactones) is 1. The average Bonchev–Trinajstić information content (AvgIpc) is 3.15. The van der Waals surface area contributed by atoms with Crippen molar-refractivity contribution in [3.8, 4) is 11.5 Å². The SMILES string of the molecule is CCN(CC)CCOc1cccc(C2c3ccc(OC)cc3N=C3COC(=O)C32)c1. The van der Waals surface area contributed by atoms with Crippen molar-refractivity contribution in [1.29, 1.82) is 0 Å². The number of ether oxygens (including phenoxy) is 3. The van der Waals surface area contributed by atoms with Gasteiger partial charge in [0.2, 0.25) is 0 Å². The average molecular weight is 408 g/mol. The minimum absolute atomic E-state index is 0.153. The van der Waals surface area contributed by atoms with Crippen LogP contribution < -0.4 is 9.47 Å². The highest BCUT2D eigenvalue weighted by Gasteiger charge is 2.44. The van der Waals surface area contributed by atoms with Crippen LogP contribution >= 0.6 is 0 Å². The lowest BCUT2D eigenvalue weighted by atomic mass is 9.76. The van der Waals surface area contributed by atoms with E-state index in [9.17, 15) is 4.79 Å². The van der Waals surface area contributed by atoms with E-state index >= 15 is 0 Å². The first-order valence-electron chi connectivity index (χ1n) is 10.5. The molecule has 0 spiro atoms. The minimum Gasteiger partial charge on any atom is -0.497 e. The van der Waals surface area contributed by atoms with E-state index in [2.05, 4.69) is 18.7 Å². The van der Waals surface area contributed by atoms with Crippen molar-refractivity contribution in [2.45, 2.75) is 19.8 Å². The molecule has 0 saturated carbocycles. The van der Waals surface area contributed by atoms with E-state index in [-0.39, 0.29) is 18.5 Å². The highest BCUT2D eigenvalue weighted by molar-refractivity contribution is 6.11. The Balaban J connectivity index is 1.64. The number of esters is 1. The molecule has 0 radical (unpaired) electrons. The summed E-state index contributed by atoms with van der Waals surface area (Å²) in [6, 6.07) is 13.9. The van der Waals surface area contributed by atoms with E-state index in [1.165, 1.54) is 0 Å². The summed E-state index contributed by atoms with van der Waals surface area (Å²) in [6.45, 7) is 8.08. The van der Waals surface area contributed by atoms with E-state index in [1.807, 2.05) is 42.5 Å². The summed E-state index contributed by atoms with van der Waals surface area (Å²) < 4.78 is 16.7. The Hall–Kier alpha value is -2.86. The zero-order valence-corrected chi connectivity index (χ0v) is 17.8. The standard InChI is InChI=1S/C24H28N2O4/c1-4-26(5-2)11-12-29-18-8-6-7-16(13-18)22-19-10-9-17(28-3)14-20(19)25-21-15-30-24(27)23(21)22/h6-10,13-14,22-23H,4-5,11-12,15H2,1-3H3. The number of rotatable bonds is 8. The van der Waals surface area contributed by atoms with Crippen LogP contribution in [0, 0.1) is 5.92 Å². The van der Waals surface area contributed by atoms with Gasteiger partial charge in [0.15, 0.2) is 0 Å². The third-order valence-corrected chi connectivity index (χ3v) is 5.93. The second-order valence-corrected chi connectivity index (χ2v) is 7.54. The lowest BCUT2D eigenvalue weighted by molar-refractivity contribution is -0.141. The van der Waals surface area contributed by atoms with Crippen molar-refractivity contribution < 1.29 is 19.0 Å². The van der Waals surface area contributed by atoms with Gasteiger partial charge < -0.3 is 19.1 Å². The van der Waals surface area contributed by atoms with Gasteiger partial charge in [0.1, 0.15) is 30.6 Å². The molecule has 1 saturated heterocycles. The third kappa shape index (κ3) is 3.92. The number of hydrogen-bond donors (Lipinski definition) is 0. The molecule has 0 N–H and O–H groups in total. The quantitative estimate of drug-likeness (QED) is 0.622. The molecule has 2 aliphatic heterocycles. The molecule has 6 heteroatoms. The summed E-state index contributed by atoms with van der Waals surface area (Å²) in [7, 11) is 1.64. The smallest absolute Gasteiger partial charge is 0.316 e. The van der Waals surface area contributed by atoms with Crippen molar-refractivity contribution in [1.82, 2.24) is 4.90 Å². The molecule has 0 amide bonds. The molecule has 6 nitrogen and oxygen atoms in total.